The summed E-state index contributed by atoms with van der Waals surface area (Å²) < 4.78 is 0. The number of anilines is 1. The maximum absolute atomic E-state index is 12.2. The molecule has 7 heteroatoms. The summed E-state index contributed by atoms with van der Waals surface area (Å²) in [5.41, 5.74) is -0.0748. The molecule has 0 aliphatic carbocycles. The fraction of sp³-hybridized carbons (Fsp3) is 0.429. The first-order chi connectivity index (χ1) is 9.86. The van der Waals surface area contributed by atoms with Gasteiger partial charge in [0.05, 0.1) is 11.3 Å². The molecule has 0 aliphatic heterocycles. The second kappa shape index (κ2) is 7.49. The fourth-order valence-corrected chi connectivity index (χ4v) is 1.84. The van der Waals surface area contributed by atoms with Crippen LogP contribution in [0.3, 0.4) is 0 Å². The van der Waals surface area contributed by atoms with Gasteiger partial charge in [-0.1, -0.05) is 0 Å². The van der Waals surface area contributed by atoms with Crippen LogP contribution in [0.4, 0.5) is 10.5 Å². The second-order valence-corrected chi connectivity index (χ2v) is 4.83. The lowest BCUT2D eigenvalue weighted by Gasteiger charge is -2.27. The summed E-state index contributed by atoms with van der Waals surface area (Å²) in [7, 11) is 0. The van der Waals surface area contributed by atoms with E-state index in [4.69, 9.17) is 10.2 Å². The van der Waals surface area contributed by atoms with E-state index < -0.39 is 12.0 Å². The molecule has 1 aromatic rings. The topological polar surface area (TPSA) is 110 Å². The number of benzene rings is 1. The van der Waals surface area contributed by atoms with Crippen molar-refractivity contribution in [2.45, 2.75) is 26.3 Å². The molecule has 0 radical (unpaired) electrons. The standard InChI is InChI=1S/C14H20N2O5/c1-9(2)16(6-3-7-17)14(21)15-12-5-4-10(18)8-11(12)13(19)20/h4-5,8-9,17-18H,3,6-7H2,1-2H3,(H,15,21)(H,19,20). The Morgan fingerprint density at radius 3 is 2.52 bits per heavy atom. The second-order valence-electron chi connectivity index (χ2n) is 4.83. The highest BCUT2D eigenvalue weighted by Gasteiger charge is 2.19. The van der Waals surface area contributed by atoms with E-state index in [2.05, 4.69) is 5.32 Å². The summed E-state index contributed by atoms with van der Waals surface area (Å²) in [6, 6.07) is 3.16. The van der Waals surface area contributed by atoms with Crippen molar-refractivity contribution in [2.24, 2.45) is 0 Å². The Hall–Kier alpha value is -2.28. The number of carbonyl (C=O) groups excluding carboxylic acids is 1. The lowest BCUT2D eigenvalue weighted by molar-refractivity contribution is 0.0697. The van der Waals surface area contributed by atoms with Gasteiger partial charge >= 0.3 is 12.0 Å². The van der Waals surface area contributed by atoms with Gasteiger partial charge in [0.25, 0.3) is 0 Å². The zero-order valence-corrected chi connectivity index (χ0v) is 12.0. The Morgan fingerprint density at radius 1 is 1.33 bits per heavy atom. The molecule has 116 valence electrons. The zero-order chi connectivity index (χ0) is 16.0. The van der Waals surface area contributed by atoms with Crippen LogP contribution in [0.25, 0.3) is 0 Å². The normalized spacial score (nSPS) is 10.5. The molecule has 0 aromatic heterocycles. The monoisotopic (exact) mass is 296 g/mol. The molecule has 0 bridgehead atoms. The van der Waals surface area contributed by atoms with Crippen LogP contribution in [0.2, 0.25) is 0 Å². The zero-order valence-electron chi connectivity index (χ0n) is 12.0. The van der Waals surface area contributed by atoms with Crippen molar-refractivity contribution in [2.75, 3.05) is 18.5 Å². The number of nitrogens with one attached hydrogen (secondary N) is 1. The van der Waals surface area contributed by atoms with Crippen LogP contribution in [0, 0.1) is 0 Å². The van der Waals surface area contributed by atoms with E-state index in [1.165, 1.54) is 17.0 Å². The van der Waals surface area contributed by atoms with Crippen LogP contribution in [0.1, 0.15) is 30.6 Å². The van der Waals surface area contributed by atoms with E-state index in [1.54, 1.807) is 0 Å². The number of aromatic hydroxyl groups is 1. The predicted molar refractivity (Wildman–Crippen MR) is 77.6 cm³/mol. The van der Waals surface area contributed by atoms with E-state index in [0.717, 1.165) is 6.07 Å². The third-order valence-electron chi connectivity index (χ3n) is 2.92. The Morgan fingerprint density at radius 2 is 2.00 bits per heavy atom. The van der Waals surface area contributed by atoms with Crippen molar-refractivity contribution in [1.82, 2.24) is 4.90 Å². The van der Waals surface area contributed by atoms with E-state index in [-0.39, 0.29) is 29.6 Å². The van der Waals surface area contributed by atoms with Crippen molar-refractivity contribution >= 4 is 17.7 Å². The van der Waals surface area contributed by atoms with Gasteiger partial charge in [0.15, 0.2) is 0 Å². The van der Waals surface area contributed by atoms with E-state index in [0.29, 0.717) is 13.0 Å². The smallest absolute Gasteiger partial charge is 0.337 e. The highest BCUT2D eigenvalue weighted by Crippen LogP contribution is 2.22. The summed E-state index contributed by atoms with van der Waals surface area (Å²) in [6.07, 6.45) is 0.437. The van der Waals surface area contributed by atoms with Gasteiger partial charge in [-0.05, 0) is 38.5 Å². The number of amides is 2. The summed E-state index contributed by atoms with van der Waals surface area (Å²) in [5, 5.41) is 29.8. The average Bonchev–Trinajstić information content (AvgIpc) is 2.40. The minimum Gasteiger partial charge on any atom is -0.508 e. The molecule has 21 heavy (non-hydrogen) atoms. The third kappa shape index (κ3) is 4.64. The Kier molecular flexibility index (Phi) is 5.98. The predicted octanol–water partition coefficient (Wildman–Crippen LogP) is 1.72. The minimum atomic E-state index is -1.24. The van der Waals surface area contributed by atoms with Gasteiger partial charge in [0.1, 0.15) is 5.75 Å². The molecule has 0 saturated carbocycles. The molecular formula is C14H20N2O5. The highest BCUT2D eigenvalue weighted by molar-refractivity contribution is 6.00. The average molecular weight is 296 g/mol. The van der Waals surface area contributed by atoms with E-state index >= 15 is 0 Å². The maximum atomic E-state index is 12.2. The number of phenols is 1. The lowest BCUT2D eigenvalue weighted by atomic mass is 10.1. The molecular weight excluding hydrogens is 276 g/mol. The Labute approximate surface area is 122 Å². The van der Waals surface area contributed by atoms with Crippen LogP contribution in [-0.2, 0) is 0 Å². The fourth-order valence-electron chi connectivity index (χ4n) is 1.84. The molecule has 1 rings (SSSR count). The summed E-state index contributed by atoms with van der Waals surface area (Å²) in [4.78, 5) is 24.8. The number of carbonyl (C=O) groups is 2. The van der Waals surface area contributed by atoms with Crippen molar-refractivity contribution < 1.29 is 24.9 Å². The molecule has 1 aromatic carbocycles. The number of aliphatic hydroxyl groups is 1. The Bertz CT molecular complexity index is 516. The van der Waals surface area contributed by atoms with Gasteiger partial charge in [0.2, 0.25) is 0 Å². The molecule has 0 spiro atoms. The summed E-state index contributed by atoms with van der Waals surface area (Å²) in [6.45, 7) is 3.98. The molecule has 0 saturated heterocycles. The first-order valence-corrected chi connectivity index (χ1v) is 6.61. The van der Waals surface area contributed by atoms with Gasteiger partial charge in [-0.3, -0.25) is 0 Å². The van der Waals surface area contributed by atoms with Gasteiger partial charge < -0.3 is 25.5 Å². The number of urea groups is 1. The summed E-state index contributed by atoms with van der Waals surface area (Å²) >= 11 is 0. The number of carboxylic acids is 1. The number of aliphatic hydroxyl groups excluding tert-OH is 1. The summed E-state index contributed by atoms with van der Waals surface area (Å²) in [5.74, 6) is -1.43. The SMILES string of the molecule is CC(C)N(CCCO)C(=O)Nc1ccc(O)cc1C(=O)O. The Balaban J connectivity index is 2.93. The number of rotatable bonds is 6. The first-order valence-electron chi connectivity index (χ1n) is 6.61. The van der Waals surface area contributed by atoms with E-state index in [9.17, 15) is 14.7 Å². The van der Waals surface area contributed by atoms with Crippen LogP contribution < -0.4 is 5.32 Å². The lowest BCUT2D eigenvalue weighted by Crippen LogP contribution is -2.41. The number of nitrogens with zero attached hydrogens (tertiary/aromatic N) is 1. The molecule has 0 atom stereocenters. The minimum absolute atomic E-state index is 0.0317. The van der Waals surface area contributed by atoms with Crippen LogP contribution in [-0.4, -0.2) is 51.4 Å². The van der Waals surface area contributed by atoms with Crippen molar-refractivity contribution in [3.8, 4) is 5.75 Å². The molecule has 0 fully saturated rings. The molecule has 0 heterocycles. The van der Waals surface area contributed by atoms with E-state index in [1.807, 2.05) is 13.8 Å². The number of hydrogen-bond acceptors (Lipinski definition) is 4. The van der Waals surface area contributed by atoms with Gasteiger partial charge in [-0.2, -0.15) is 0 Å². The molecule has 4 N–H and O–H groups in total. The molecule has 2 amide bonds. The molecule has 0 aliphatic rings. The van der Waals surface area contributed by atoms with Gasteiger partial charge in [-0.15, -0.1) is 0 Å². The van der Waals surface area contributed by atoms with Crippen LogP contribution in [0.15, 0.2) is 18.2 Å². The maximum Gasteiger partial charge on any atom is 0.337 e. The largest absolute Gasteiger partial charge is 0.508 e. The van der Waals surface area contributed by atoms with Gasteiger partial charge in [0, 0.05) is 19.2 Å². The first kappa shape index (κ1) is 16.8. The third-order valence-corrected chi connectivity index (χ3v) is 2.92. The quantitative estimate of drug-likeness (QED) is 0.597. The van der Waals surface area contributed by atoms with Crippen LogP contribution >= 0.6 is 0 Å². The number of hydrogen-bond donors (Lipinski definition) is 4. The molecule has 0 unspecified atom stereocenters. The number of carboxylic acid groups (broad SMARTS) is 1. The van der Waals surface area contributed by atoms with Crippen molar-refractivity contribution in [1.29, 1.82) is 0 Å². The molecule has 7 nitrogen and oxygen atoms in total. The van der Waals surface area contributed by atoms with Crippen molar-refractivity contribution in [3.05, 3.63) is 23.8 Å². The highest BCUT2D eigenvalue weighted by atomic mass is 16.4. The number of aromatic carboxylic acids is 1. The number of phenolic OH excluding ortho intramolecular Hbond substituents is 1. The van der Waals surface area contributed by atoms with Crippen LogP contribution in [0.5, 0.6) is 5.75 Å². The van der Waals surface area contributed by atoms with Gasteiger partial charge in [-0.25, -0.2) is 9.59 Å². The van der Waals surface area contributed by atoms with Crippen molar-refractivity contribution in [3.63, 3.8) is 0 Å².